The Balaban J connectivity index is 2.74. The quantitative estimate of drug-likeness (QED) is 0.709. The van der Waals surface area contributed by atoms with Crippen LogP contribution in [0.25, 0.3) is 0 Å². The number of carbonyl (C=O) groups excluding carboxylic acids is 1. The van der Waals surface area contributed by atoms with Crippen LogP contribution in [0.15, 0.2) is 5.38 Å². The molecule has 0 amide bonds. The van der Waals surface area contributed by atoms with E-state index in [-0.39, 0.29) is 11.4 Å². The Bertz CT molecular complexity index is 325. The summed E-state index contributed by atoms with van der Waals surface area (Å²) in [6, 6.07) is 0. The molecule has 1 heterocycles. The lowest BCUT2D eigenvalue weighted by Crippen LogP contribution is -2.09. The topological polar surface area (TPSA) is 39.2 Å². The molecule has 0 radical (unpaired) electrons. The van der Waals surface area contributed by atoms with Crippen LogP contribution in [0.3, 0.4) is 0 Å². The molecule has 0 bridgehead atoms. The van der Waals surface area contributed by atoms with Gasteiger partial charge in [0.05, 0.1) is 12.1 Å². The van der Waals surface area contributed by atoms with Gasteiger partial charge >= 0.3 is 5.97 Å². The molecule has 0 fully saturated rings. The molecule has 4 heteroatoms. The summed E-state index contributed by atoms with van der Waals surface area (Å²) in [5, 5.41) is 2.73. The minimum absolute atomic E-state index is 0.200. The molecule has 0 saturated carbocycles. The van der Waals surface area contributed by atoms with Gasteiger partial charge in [0.25, 0.3) is 0 Å². The van der Waals surface area contributed by atoms with Gasteiger partial charge in [0.2, 0.25) is 0 Å². The van der Waals surface area contributed by atoms with E-state index in [1.54, 1.807) is 5.38 Å². The minimum atomic E-state index is -0.360. The van der Waals surface area contributed by atoms with Gasteiger partial charge in [0.1, 0.15) is 0 Å². The van der Waals surface area contributed by atoms with Crippen molar-refractivity contribution in [3.05, 3.63) is 16.1 Å². The molecule has 0 atom stereocenters. The van der Waals surface area contributed by atoms with Crippen molar-refractivity contribution < 1.29 is 9.53 Å². The highest BCUT2D eigenvalue weighted by molar-refractivity contribution is 7.09. The van der Waals surface area contributed by atoms with E-state index in [1.807, 2.05) is 0 Å². The smallest absolute Gasteiger partial charge is 0.357 e. The lowest BCUT2D eigenvalue weighted by Gasteiger charge is -2.15. The van der Waals surface area contributed by atoms with Crippen LogP contribution in [0.4, 0.5) is 0 Å². The van der Waals surface area contributed by atoms with Gasteiger partial charge in [-0.2, -0.15) is 0 Å². The summed E-state index contributed by atoms with van der Waals surface area (Å²) in [6.07, 6.45) is 0.884. The SMILES string of the molecule is COC(=O)c1csc(CC(C)(C)C)n1. The van der Waals surface area contributed by atoms with Crippen LogP contribution >= 0.6 is 11.3 Å². The number of hydrogen-bond acceptors (Lipinski definition) is 4. The molecule has 0 unspecified atom stereocenters. The average molecular weight is 213 g/mol. The predicted octanol–water partition coefficient (Wildman–Crippen LogP) is 2.52. The first-order valence-corrected chi connectivity index (χ1v) is 5.33. The largest absolute Gasteiger partial charge is 0.464 e. The van der Waals surface area contributed by atoms with E-state index >= 15 is 0 Å². The zero-order chi connectivity index (χ0) is 10.8. The van der Waals surface area contributed by atoms with E-state index in [2.05, 4.69) is 30.5 Å². The molecule has 0 aliphatic rings. The summed E-state index contributed by atoms with van der Waals surface area (Å²) in [5.74, 6) is -0.360. The summed E-state index contributed by atoms with van der Waals surface area (Å²) in [6.45, 7) is 6.44. The van der Waals surface area contributed by atoms with Crippen molar-refractivity contribution in [2.75, 3.05) is 7.11 Å². The minimum Gasteiger partial charge on any atom is -0.464 e. The van der Waals surface area contributed by atoms with Crippen LogP contribution in [-0.4, -0.2) is 18.1 Å². The molecule has 0 spiro atoms. The van der Waals surface area contributed by atoms with E-state index in [0.717, 1.165) is 11.4 Å². The van der Waals surface area contributed by atoms with Gasteiger partial charge in [-0.25, -0.2) is 9.78 Å². The Labute approximate surface area is 88.1 Å². The van der Waals surface area contributed by atoms with Crippen LogP contribution < -0.4 is 0 Å². The maximum atomic E-state index is 11.1. The Hall–Kier alpha value is -0.900. The molecule has 1 rings (SSSR count). The zero-order valence-electron chi connectivity index (χ0n) is 8.96. The molecule has 0 aliphatic heterocycles. The number of methoxy groups -OCH3 is 1. The number of carbonyl (C=O) groups is 1. The van der Waals surface area contributed by atoms with E-state index in [9.17, 15) is 4.79 Å². The Kier molecular flexibility index (Phi) is 3.26. The van der Waals surface area contributed by atoms with Crippen molar-refractivity contribution in [2.24, 2.45) is 5.41 Å². The van der Waals surface area contributed by atoms with Gasteiger partial charge in [0.15, 0.2) is 5.69 Å². The molecular formula is C10H15NO2S. The van der Waals surface area contributed by atoms with Gasteiger partial charge in [0, 0.05) is 11.8 Å². The highest BCUT2D eigenvalue weighted by atomic mass is 32.1. The lowest BCUT2D eigenvalue weighted by atomic mass is 9.93. The summed E-state index contributed by atoms with van der Waals surface area (Å²) in [7, 11) is 1.37. The molecule has 1 aromatic heterocycles. The molecular weight excluding hydrogens is 198 g/mol. The molecule has 78 valence electrons. The summed E-state index contributed by atoms with van der Waals surface area (Å²) in [4.78, 5) is 15.3. The standard InChI is InChI=1S/C10H15NO2S/c1-10(2,3)5-8-11-7(6-14-8)9(12)13-4/h6H,5H2,1-4H3. The molecule has 0 aromatic carbocycles. The monoisotopic (exact) mass is 213 g/mol. The summed E-state index contributed by atoms with van der Waals surface area (Å²) < 4.78 is 4.58. The van der Waals surface area contributed by atoms with Gasteiger partial charge < -0.3 is 4.74 Å². The Morgan fingerprint density at radius 2 is 2.21 bits per heavy atom. The molecule has 14 heavy (non-hydrogen) atoms. The second-order valence-corrected chi connectivity index (χ2v) is 5.30. The first-order chi connectivity index (χ1) is 6.42. The number of rotatable bonds is 2. The first kappa shape index (κ1) is 11.2. The fraction of sp³-hybridized carbons (Fsp3) is 0.600. The van der Waals surface area contributed by atoms with Crippen LogP contribution in [-0.2, 0) is 11.2 Å². The highest BCUT2D eigenvalue weighted by Crippen LogP contribution is 2.22. The van der Waals surface area contributed by atoms with Crippen molar-refractivity contribution in [1.82, 2.24) is 4.98 Å². The van der Waals surface area contributed by atoms with Crippen LogP contribution in [0, 0.1) is 5.41 Å². The second-order valence-electron chi connectivity index (χ2n) is 4.36. The van der Waals surface area contributed by atoms with E-state index < -0.39 is 0 Å². The Morgan fingerprint density at radius 3 is 2.71 bits per heavy atom. The van der Waals surface area contributed by atoms with E-state index in [1.165, 1.54) is 18.4 Å². The van der Waals surface area contributed by atoms with Crippen molar-refractivity contribution >= 4 is 17.3 Å². The number of aromatic nitrogens is 1. The van der Waals surface area contributed by atoms with Gasteiger partial charge in [-0.05, 0) is 5.41 Å². The number of nitrogens with zero attached hydrogens (tertiary/aromatic N) is 1. The van der Waals surface area contributed by atoms with E-state index in [0.29, 0.717) is 5.69 Å². The third-order valence-electron chi connectivity index (χ3n) is 1.63. The van der Waals surface area contributed by atoms with Gasteiger partial charge in [-0.3, -0.25) is 0 Å². The molecule has 0 aliphatic carbocycles. The van der Waals surface area contributed by atoms with Crippen LogP contribution in [0.2, 0.25) is 0 Å². The maximum absolute atomic E-state index is 11.1. The summed E-state index contributed by atoms with van der Waals surface area (Å²) in [5.41, 5.74) is 0.613. The van der Waals surface area contributed by atoms with Crippen molar-refractivity contribution in [3.63, 3.8) is 0 Å². The predicted molar refractivity (Wildman–Crippen MR) is 56.6 cm³/mol. The lowest BCUT2D eigenvalue weighted by molar-refractivity contribution is 0.0594. The fourth-order valence-corrected chi connectivity index (χ4v) is 2.11. The van der Waals surface area contributed by atoms with Gasteiger partial charge in [-0.1, -0.05) is 20.8 Å². The van der Waals surface area contributed by atoms with Crippen LogP contribution in [0.5, 0.6) is 0 Å². The van der Waals surface area contributed by atoms with Crippen molar-refractivity contribution in [2.45, 2.75) is 27.2 Å². The highest BCUT2D eigenvalue weighted by Gasteiger charge is 2.16. The first-order valence-electron chi connectivity index (χ1n) is 4.45. The fourth-order valence-electron chi connectivity index (χ4n) is 1.04. The number of thiazole rings is 1. The second kappa shape index (κ2) is 4.09. The number of ether oxygens (including phenoxy) is 1. The molecule has 0 saturated heterocycles. The number of esters is 1. The third kappa shape index (κ3) is 3.10. The van der Waals surface area contributed by atoms with Gasteiger partial charge in [-0.15, -0.1) is 11.3 Å². The zero-order valence-corrected chi connectivity index (χ0v) is 9.77. The normalized spacial score (nSPS) is 11.4. The number of hydrogen-bond donors (Lipinski definition) is 0. The third-order valence-corrected chi connectivity index (χ3v) is 2.48. The van der Waals surface area contributed by atoms with Crippen molar-refractivity contribution in [1.29, 1.82) is 0 Å². The Morgan fingerprint density at radius 1 is 1.57 bits per heavy atom. The average Bonchev–Trinajstić information content (AvgIpc) is 2.48. The molecule has 1 aromatic rings. The van der Waals surface area contributed by atoms with E-state index in [4.69, 9.17) is 0 Å². The van der Waals surface area contributed by atoms with Crippen molar-refractivity contribution in [3.8, 4) is 0 Å². The maximum Gasteiger partial charge on any atom is 0.357 e. The van der Waals surface area contributed by atoms with Crippen LogP contribution in [0.1, 0.15) is 36.3 Å². The molecule has 3 nitrogen and oxygen atoms in total. The molecule has 0 N–H and O–H groups in total. The summed E-state index contributed by atoms with van der Waals surface area (Å²) >= 11 is 1.51.